The van der Waals surface area contributed by atoms with Crippen LogP contribution in [0.1, 0.15) is 38.8 Å². The van der Waals surface area contributed by atoms with E-state index < -0.39 is 0 Å². The van der Waals surface area contributed by atoms with E-state index in [0.29, 0.717) is 13.0 Å². The Morgan fingerprint density at radius 2 is 1.71 bits per heavy atom. The van der Waals surface area contributed by atoms with Crippen LogP contribution in [-0.4, -0.2) is 44.5 Å². The van der Waals surface area contributed by atoms with Gasteiger partial charge in [0.1, 0.15) is 0 Å². The molecule has 0 saturated carbocycles. The first-order chi connectivity index (χ1) is 9.99. The summed E-state index contributed by atoms with van der Waals surface area (Å²) in [6.45, 7) is 8.46. The van der Waals surface area contributed by atoms with Gasteiger partial charge in [0, 0.05) is 51.9 Å². The first-order valence-electron chi connectivity index (χ1n) is 7.78. The second-order valence-corrected chi connectivity index (χ2v) is 5.48. The van der Waals surface area contributed by atoms with E-state index >= 15 is 0 Å². The maximum atomic E-state index is 11.9. The maximum absolute atomic E-state index is 11.9. The van der Waals surface area contributed by atoms with Crippen molar-refractivity contribution in [1.82, 2.24) is 10.2 Å². The van der Waals surface area contributed by atoms with Gasteiger partial charge in [0.25, 0.3) is 0 Å². The Morgan fingerprint density at radius 3 is 2.19 bits per heavy atom. The number of benzene rings is 1. The van der Waals surface area contributed by atoms with Crippen molar-refractivity contribution in [1.29, 1.82) is 0 Å². The van der Waals surface area contributed by atoms with E-state index in [1.807, 2.05) is 32.8 Å². The van der Waals surface area contributed by atoms with E-state index in [0.717, 1.165) is 13.1 Å². The van der Waals surface area contributed by atoms with E-state index in [-0.39, 0.29) is 11.9 Å². The molecule has 4 heteroatoms. The molecule has 0 spiro atoms. The van der Waals surface area contributed by atoms with E-state index in [9.17, 15) is 4.79 Å². The molecule has 0 aromatic heterocycles. The van der Waals surface area contributed by atoms with Crippen LogP contribution in [-0.2, 0) is 4.79 Å². The third kappa shape index (κ3) is 5.38. The average molecular weight is 291 g/mol. The van der Waals surface area contributed by atoms with Gasteiger partial charge in [0.05, 0.1) is 0 Å². The smallest absolute Gasteiger partial charge is 0.223 e. The van der Waals surface area contributed by atoms with Gasteiger partial charge >= 0.3 is 0 Å². The number of nitrogens with one attached hydrogen (secondary N) is 1. The summed E-state index contributed by atoms with van der Waals surface area (Å²) in [6, 6.07) is 8.77. The van der Waals surface area contributed by atoms with Crippen LogP contribution in [0.2, 0.25) is 0 Å². The molecule has 21 heavy (non-hydrogen) atoms. The van der Waals surface area contributed by atoms with Gasteiger partial charge in [-0.15, -0.1) is 0 Å². The van der Waals surface area contributed by atoms with Crippen molar-refractivity contribution < 1.29 is 4.79 Å². The standard InChI is InChI=1S/C17H29N3O/c1-6-20(7-2)17(21)12-13-18-14(3)15-8-10-16(11-9-15)19(4)5/h8-11,14,18H,6-7,12-13H2,1-5H3. The Morgan fingerprint density at radius 1 is 1.14 bits per heavy atom. The topological polar surface area (TPSA) is 35.6 Å². The number of carbonyl (C=O) groups excluding carboxylic acids is 1. The number of rotatable bonds is 8. The lowest BCUT2D eigenvalue weighted by atomic mass is 10.1. The van der Waals surface area contributed by atoms with E-state index in [2.05, 4.69) is 41.4 Å². The predicted molar refractivity (Wildman–Crippen MR) is 89.7 cm³/mol. The molecule has 0 radical (unpaired) electrons. The van der Waals surface area contributed by atoms with Gasteiger partial charge in [0.2, 0.25) is 5.91 Å². The molecule has 0 bridgehead atoms. The fraction of sp³-hybridized carbons (Fsp3) is 0.588. The van der Waals surface area contributed by atoms with Crippen molar-refractivity contribution in [3.63, 3.8) is 0 Å². The molecule has 0 saturated heterocycles. The summed E-state index contributed by atoms with van der Waals surface area (Å²) >= 11 is 0. The van der Waals surface area contributed by atoms with Crippen molar-refractivity contribution in [3.8, 4) is 0 Å². The minimum Gasteiger partial charge on any atom is -0.378 e. The molecule has 0 fully saturated rings. The highest BCUT2D eigenvalue weighted by Gasteiger charge is 2.10. The highest BCUT2D eigenvalue weighted by Crippen LogP contribution is 2.17. The highest BCUT2D eigenvalue weighted by atomic mass is 16.2. The zero-order valence-electron chi connectivity index (χ0n) is 14.0. The first kappa shape index (κ1) is 17.5. The lowest BCUT2D eigenvalue weighted by Gasteiger charge is -2.20. The SMILES string of the molecule is CCN(CC)C(=O)CCNC(C)c1ccc(N(C)C)cc1. The molecule has 1 aromatic carbocycles. The van der Waals surface area contributed by atoms with Crippen LogP contribution >= 0.6 is 0 Å². The molecule has 1 N–H and O–H groups in total. The van der Waals surface area contributed by atoms with E-state index in [1.165, 1.54) is 11.3 Å². The van der Waals surface area contributed by atoms with Crippen LogP contribution in [0.3, 0.4) is 0 Å². The van der Waals surface area contributed by atoms with Crippen LogP contribution in [0, 0.1) is 0 Å². The van der Waals surface area contributed by atoms with Gasteiger partial charge < -0.3 is 15.1 Å². The summed E-state index contributed by atoms with van der Waals surface area (Å²) in [4.78, 5) is 15.9. The summed E-state index contributed by atoms with van der Waals surface area (Å²) in [7, 11) is 4.07. The lowest BCUT2D eigenvalue weighted by Crippen LogP contribution is -2.33. The Bertz CT molecular complexity index is 424. The van der Waals surface area contributed by atoms with Gasteiger partial charge in [-0.3, -0.25) is 4.79 Å². The molecule has 1 amide bonds. The Labute approximate surface area is 129 Å². The largest absolute Gasteiger partial charge is 0.378 e. The van der Waals surface area contributed by atoms with Crippen molar-refractivity contribution in [2.45, 2.75) is 33.2 Å². The van der Waals surface area contributed by atoms with Crippen molar-refractivity contribution in [2.24, 2.45) is 0 Å². The zero-order valence-corrected chi connectivity index (χ0v) is 14.0. The second-order valence-electron chi connectivity index (χ2n) is 5.48. The van der Waals surface area contributed by atoms with Gasteiger partial charge in [-0.2, -0.15) is 0 Å². The Kier molecular flexibility index (Phi) is 7.23. The van der Waals surface area contributed by atoms with Crippen LogP contribution in [0.15, 0.2) is 24.3 Å². The third-order valence-electron chi connectivity index (χ3n) is 3.82. The number of amides is 1. The van der Waals surface area contributed by atoms with E-state index in [4.69, 9.17) is 0 Å². The number of anilines is 1. The molecular formula is C17H29N3O. The lowest BCUT2D eigenvalue weighted by molar-refractivity contribution is -0.130. The van der Waals surface area contributed by atoms with Crippen LogP contribution in [0.5, 0.6) is 0 Å². The van der Waals surface area contributed by atoms with Crippen molar-refractivity contribution >= 4 is 11.6 Å². The Hall–Kier alpha value is -1.55. The molecule has 0 aliphatic rings. The second kappa shape index (κ2) is 8.67. The van der Waals surface area contributed by atoms with Gasteiger partial charge in [-0.1, -0.05) is 12.1 Å². The predicted octanol–water partition coefficient (Wildman–Crippen LogP) is 2.66. The molecule has 4 nitrogen and oxygen atoms in total. The maximum Gasteiger partial charge on any atom is 0.223 e. The summed E-state index contributed by atoms with van der Waals surface area (Å²) in [5.74, 6) is 0.225. The highest BCUT2D eigenvalue weighted by molar-refractivity contribution is 5.76. The van der Waals surface area contributed by atoms with Crippen LogP contribution in [0.25, 0.3) is 0 Å². The summed E-state index contributed by atoms with van der Waals surface area (Å²) in [5.41, 5.74) is 2.44. The molecular weight excluding hydrogens is 262 g/mol. The minimum atomic E-state index is 0.225. The summed E-state index contributed by atoms with van der Waals surface area (Å²) in [6.07, 6.45) is 0.557. The summed E-state index contributed by atoms with van der Waals surface area (Å²) in [5, 5.41) is 3.42. The number of hydrogen-bond donors (Lipinski definition) is 1. The normalized spacial score (nSPS) is 12.0. The fourth-order valence-electron chi connectivity index (χ4n) is 2.31. The number of nitrogens with zero attached hydrogens (tertiary/aromatic N) is 2. The van der Waals surface area contributed by atoms with E-state index in [1.54, 1.807) is 0 Å². The quantitative estimate of drug-likeness (QED) is 0.800. The monoisotopic (exact) mass is 291 g/mol. The molecule has 1 atom stereocenters. The first-order valence-corrected chi connectivity index (χ1v) is 7.78. The summed E-state index contributed by atoms with van der Waals surface area (Å²) < 4.78 is 0. The van der Waals surface area contributed by atoms with Crippen LogP contribution in [0.4, 0.5) is 5.69 Å². The molecule has 1 rings (SSSR count). The molecule has 1 aromatic rings. The fourth-order valence-corrected chi connectivity index (χ4v) is 2.31. The van der Waals surface area contributed by atoms with Crippen molar-refractivity contribution in [3.05, 3.63) is 29.8 Å². The number of carbonyl (C=O) groups is 1. The molecule has 0 heterocycles. The molecule has 1 unspecified atom stereocenters. The zero-order chi connectivity index (χ0) is 15.8. The molecule has 0 aliphatic heterocycles. The van der Waals surface area contributed by atoms with Crippen molar-refractivity contribution in [2.75, 3.05) is 38.6 Å². The Balaban J connectivity index is 2.43. The molecule has 118 valence electrons. The third-order valence-corrected chi connectivity index (χ3v) is 3.82. The van der Waals surface area contributed by atoms with Gasteiger partial charge in [0.15, 0.2) is 0 Å². The molecule has 0 aliphatic carbocycles. The van der Waals surface area contributed by atoms with Crippen LogP contribution < -0.4 is 10.2 Å². The number of hydrogen-bond acceptors (Lipinski definition) is 3. The minimum absolute atomic E-state index is 0.225. The average Bonchev–Trinajstić information content (AvgIpc) is 2.48. The van der Waals surface area contributed by atoms with Gasteiger partial charge in [-0.25, -0.2) is 0 Å². The van der Waals surface area contributed by atoms with Gasteiger partial charge in [-0.05, 0) is 38.5 Å².